The molecule has 9 heteroatoms. The Morgan fingerprint density at radius 1 is 0.971 bits per heavy atom. The van der Waals surface area contributed by atoms with E-state index >= 15 is 0 Å². The molecule has 1 aliphatic rings. The number of hydrogen-bond acceptors (Lipinski definition) is 5. The number of ether oxygens (including phenoxy) is 1. The van der Waals surface area contributed by atoms with E-state index in [4.69, 9.17) is 16.3 Å². The Labute approximate surface area is 211 Å². The van der Waals surface area contributed by atoms with Gasteiger partial charge in [0, 0.05) is 36.9 Å². The lowest BCUT2D eigenvalue weighted by molar-refractivity contribution is -0.129. The summed E-state index contributed by atoms with van der Waals surface area (Å²) in [5.41, 5.74) is 2.35. The van der Waals surface area contributed by atoms with Crippen molar-refractivity contribution in [3.05, 3.63) is 83.4 Å². The molecule has 0 atom stereocenters. The quantitative estimate of drug-likeness (QED) is 0.473. The van der Waals surface area contributed by atoms with Crippen molar-refractivity contribution in [3.63, 3.8) is 0 Å². The molecule has 0 N–H and O–H groups in total. The molecule has 1 amide bonds. The highest BCUT2D eigenvalue weighted by Gasteiger charge is 2.30. The summed E-state index contributed by atoms with van der Waals surface area (Å²) in [6.45, 7) is 3.89. The molecule has 35 heavy (non-hydrogen) atoms. The summed E-state index contributed by atoms with van der Waals surface area (Å²) in [5.74, 6) is 0.536. The summed E-state index contributed by atoms with van der Waals surface area (Å²) in [5, 5.41) is 0.396. The van der Waals surface area contributed by atoms with Crippen LogP contribution in [0.1, 0.15) is 5.56 Å². The van der Waals surface area contributed by atoms with Crippen LogP contribution in [0.4, 0.5) is 11.4 Å². The second-order valence-corrected chi connectivity index (χ2v) is 10.7. The summed E-state index contributed by atoms with van der Waals surface area (Å²) < 4.78 is 33.5. The summed E-state index contributed by atoms with van der Waals surface area (Å²) in [6, 6.07) is 20.9. The molecule has 0 bridgehead atoms. The molecule has 1 saturated heterocycles. The topological polar surface area (TPSA) is 70.2 Å². The van der Waals surface area contributed by atoms with Gasteiger partial charge in [-0.25, -0.2) is 8.42 Å². The average molecular weight is 514 g/mol. The number of piperazine rings is 1. The maximum absolute atomic E-state index is 13.6. The van der Waals surface area contributed by atoms with Crippen molar-refractivity contribution in [3.8, 4) is 5.75 Å². The molecule has 0 unspecified atom stereocenters. The fourth-order valence-electron chi connectivity index (χ4n) is 4.01. The summed E-state index contributed by atoms with van der Waals surface area (Å²) >= 11 is 6.15. The minimum atomic E-state index is -3.98. The first kappa shape index (κ1) is 24.9. The minimum absolute atomic E-state index is 0.125. The standard InChI is InChI=1S/C26H28ClN3O4S/c1-20-6-12-25(13-7-20)35(32,33)30(23-5-3-4-21(27)18-23)19-26(31)29-16-14-28(15-17-29)22-8-10-24(34-2)11-9-22/h3-13,18H,14-17,19H2,1-2H3. The van der Waals surface area contributed by atoms with Crippen LogP contribution in [0.3, 0.4) is 0 Å². The van der Waals surface area contributed by atoms with Crippen LogP contribution in [0.2, 0.25) is 5.02 Å². The van der Waals surface area contributed by atoms with E-state index in [-0.39, 0.29) is 17.3 Å². The molecule has 0 saturated carbocycles. The van der Waals surface area contributed by atoms with Crippen molar-refractivity contribution < 1.29 is 17.9 Å². The van der Waals surface area contributed by atoms with Gasteiger partial charge in [0.25, 0.3) is 10.0 Å². The number of halogens is 1. The van der Waals surface area contributed by atoms with Crippen LogP contribution < -0.4 is 13.9 Å². The highest BCUT2D eigenvalue weighted by Crippen LogP contribution is 2.27. The molecule has 0 aliphatic carbocycles. The van der Waals surface area contributed by atoms with Gasteiger partial charge in [-0.05, 0) is 61.5 Å². The van der Waals surface area contributed by atoms with E-state index in [0.717, 1.165) is 21.3 Å². The molecule has 184 valence electrons. The zero-order valence-corrected chi connectivity index (χ0v) is 21.3. The zero-order valence-electron chi connectivity index (χ0n) is 19.7. The van der Waals surface area contributed by atoms with E-state index in [1.54, 1.807) is 60.5 Å². The Morgan fingerprint density at radius 2 is 1.63 bits per heavy atom. The largest absolute Gasteiger partial charge is 0.497 e. The van der Waals surface area contributed by atoms with E-state index in [2.05, 4.69) is 4.90 Å². The summed E-state index contributed by atoms with van der Waals surface area (Å²) in [4.78, 5) is 17.3. The van der Waals surface area contributed by atoms with Gasteiger partial charge in [-0.1, -0.05) is 35.4 Å². The molecule has 0 spiro atoms. The summed E-state index contributed by atoms with van der Waals surface area (Å²) in [7, 11) is -2.35. The number of carbonyl (C=O) groups excluding carboxylic acids is 1. The zero-order chi connectivity index (χ0) is 25.0. The van der Waals surface area contributed by atoms with Crippen LogP contribution >= 0.6 is 11.6 Å². The molecular formula is C26H28ClN3O4S. The van der Waals surface area contributed by atoms with E-state index in [1.165, 1.54) is 0 Å². The number of anilines is 2. The van der Waals surface area contributed by atoms with Gasteiger partial charge in [-0.3, -0.25) is 9.10 Å². The highest BCUT2D eigenvalue weighted by molar-refractivity contribution is 7.92. The predicted octanol–water partition coefficient (Wildman–Crippen LogP) is 4.20. The lowest BCUT2D eigenvalue weighted by Gasteiger charge is -2.37. The van der Waals surface area contributed by atoms with E-state index < -0.39 is 10.0 Å². The first-order valence-electron chi connectivity index (χ1n) is 11.3. The van der Waals surface area contributed by atoms with Gasteiger partial charge >= 0.3 is 0 Å². The van der Waals surface area contributed by atoms with Crippen molar-refractivity contribution in [1.82, 2.24) is 4.90 Å². The fraction of sp³-hybridized carbons (Fsp3) is 0.269. The average Bonchev–Trinajstić information content (AvgIpc) is 2.87. The molecule has 4 rings (SSSR count). The Balaban J connectivity index is 1.51. The Kier molecular flexibility index (Phi) is 7.52. The summed E-state index contributed by atoms with van der Waals surface area (Å²) in [6.07, 6.45) is 0. The first-order valence-corrected chi connectivity index (χ1v) is 13.1. The third-order valence-corrected chi connectivity index (χ3v) is 8.08. The number of carbonyl (C=O) groups is 1. The lowest BCUT2D eigenvalue weighted by atomic mass is 10.2. The van der Waals surface area contributed by atoms with Gasteiger partial charge in [0.2, 0.25) is 5.91 Å². The maximum atomic E-state index is 13.6. The number of methoxy groups -OCH3 is 1. The van der Waals surface area contributed by atoms with Crippen LogP contribution in [0.25, 0.3) is 0 Å². The first-order chi connectivity index (χ1) is 16.8. The van der Waals surface area contributed by atoms with Crippen molar-refractivity contribution in [2.45, 2.75) is 11.8 Å². The van der Waals surface area contributed by atoms with Gasteiger partial charge in [0.1, 0.15) is 12.3 Å². The van der Waals surface area contributed by atoms with Gasteiger partial charge in [-0.15, -0.1) is 0 Å². The van der Waals surface area contributed by atoms with Crippen LogP contribution in [0.15, 0.2) is 77.7 Å². The maximum Gasteiger partial charge on any atom is 0.264 e. The number of rotatable bonds is 7. The molecule has 3 aromatic rings. The third-order valence-electron chi connectivity index (χ3n) is 6.05. The van der Waals surface area contributed by atoms with E-state index in [9.17, 15) is 13.2 Å². The number of hydrogen-bond donors (Lipinski definition) is 0. The molecular weight excluding hydrogens is 486 g/mol. The molecule has 3 aromatic carbocycles. The molecule has 1 heterocycles. The van der Waals surface area contributed by atoms with Gasteiger partial charge in [0.05, 0.1) is 17.7 Å². The normalized spacial score (nSPS) is 14.0. The third kappa shape index (κ3) is 5.71. The van der Waals surface area contributed by atoms with Crippen molar-refractivity contribution in [2.75, 3.05) is 49.0 Å². The Hall–Kier alpha value is -3.23. The molecule has 0 aromatic heterocycles. The van der Waals surface area contributed by atoms with Crippen molar-refractivity contribution >= 4 is 38.9 Å². The smallest absolute Gasteiger partial charge is 0.264 e. The molecule has 7 nitrogen and oxygen atoms in total. The second kappa shape index (κ2) is 10.6. The van der Waals surface area contributed by atoms with Gasteiger partial charge in [-0.2, -0.15) is 0 Å². The molecule has 1 fully saturated rings. The van der Waals surface area contributed by atoms with E-state index in [1.807, 2.05) is 31.2 Å². The number of benzene rings is 3. The second-order valence-electron chi connectivity index (χ2n) is 8.37. The Bertz CT molecular complexity index is 1270. The molecule has 0 radical (unpaired) electrons. The Morgan fingerprint density at radius 3 is 2.23 bits per heavy atom. The number of nitrogens with zero attached hydrogens (tertiary/aromatic N) is 3. The lowest BCUT2D eigenvalue weighted by Crippen LogP contribution is -2.52. The monoisotopic (exact) mass is 513 g/mol. The van der Waals surface area contributed by atoms with Crippen LogP contribution in [-0.4, -0.2) is 59.1 Å². The fourth-order valence-corrected chi connectivity index (χ4v) is 5.60. The predicted molar refractivity (Wildman–Crippen MR) is 139 cm³/mol. The van der Waals surface area contributed by atoms with Crippen molar-refractivity contribution in [1.29, 1.82) is 0 Å². The van der Waals surface area contributed by atoms with Gasteiger partial charge in [0.15, 0.2) is 0 Å². The minimum Gasteiger partial charge on any atom is -0.497 e. The number of sulfonamides is 1. The number of amides is 1. The number of aryl methyl sites for hydroxylation is 1. The van der Waals surface area contributed by atoms with Gasteiger partial charge < -0.3 is 14.5 Å². The van der Waals surface area contributed by atoms with E-state index in [0.29, 0.717) is 36.9 Å². The van der Waals surface area contributed by atoms with Crippen LogP contribution in [0.5, 0.6) is 5.75 Å². The molecule has 1 aliphatic heterocycles. The van der Waals surface area contributed by atoms with Crippen molar-refractivity contribution in [2.24, 2.45) is 0 Å². The highest BCUT2D eigenvalue weighted by atomic mass is 35.5. The van der Waals surface area contributed by atoms with Crippen LogP contribution in [-0.2, 0) is 14.8 Å². The SMILES string of the molecule is COc1ccc(N2CCN(C(=O)CN(c3cccc(Cl)c3)S(=O)(=O)c3ccc(C)cc3)CC2)cc1. The van der Waals surface area contributed by atoms with Crippen LogP contribution in [0, 0.1) is 6.92 Å².